The first-order valence-corrected chi connectivity index (χ1v) is 3.64. The number of alkyl halides is 1. The minimum Gasteiger partial charge on any atom is -0.180 e. The minimum atomic E-state index is 0.600. The molecule has 34 valence electrons. The van der Waals surface area contributed by atoms with E-state index in [1.807, 2.05) is 0 Å². The Morgan fingerprint density at radius 1 is 1.83 bits per heavy atom. The predicted molar refractivity (Wildman–Crippen MR) is 35.1 cm³/mol. The van der Waals surface area contributed by atoms with Crippen LogP contribution in [0.15, 0.2) is 9.63 Å². The van der Waals surface area contributed by atoms with Gasteiger partial charge in [-0.15, -0.1) is 4.52 Å². The van der Waals surface area contributed by atoms with Gasteiger partial charge in [-0.05, 0) is 0 Å². The van der Waals surface area contributed by atoms with Gasteiger partial charge in [-0.1, -0.05) is 22.6 Å². The molecule has 6 heavy (non-hydrogen) atoms. The van der Waals surface area contributed by atoms with Crippen LogP contribution >= 0.6 is 34.5 Å². The second-order valence-electron chi connectivity index (χ2n) is 0.921. The lowest BCUT2D eigenvalue weighted by atomic mass is 10.8. The normalized spacial score (nSPS) is 31.8. The average molecular weight is 214 g/mol. The van der Waals surface area contributed by atoms with Crippen molar-refractivity contribution in [2.24, 2.45) is 9.63 Å². The maximum absolute atomic E-state index is 3.74. The highest BCUT2D eigenvalue weighted by atomic mass is 127. The van der Waals surface area contributed by atoms with Crippen molar-refractivity contribution in [1.82, 2.24) is 0 Å². The van der Waals surface area contributed by atoms with E-state index in [9.17, 15) is 0 Å². The van der Waals surface area contributed by atoms with E-state index in [1.165, 1.54) is 0 Å². The highest BCUT2D eigenvalue weighted by Crippen LogP contribution is 2.24. The highest BCUT2D eigenvalue weighted by Gasteiger charge is 2.06. The molecule has 0 fully saturated rings. The van der Waals surface area contributed by atoms with Gasteiger partial charge in [-0.3, -0.25) is 0 Å². The molecule has 0 radical (unpaired) electrons. The van der Waals surface area contributed by atoms with E-state index in [2.05, 4.69) is 32.2 Å². The zero-order chi connectivity index (χ0) is 4.41. The van der Waals surface area contributed by atoms with Gasteiger partial charge in [0, 0.05) is 11.9 Å². The molecule has 0 spiro atoms. The zero-order valence-electron chi connectivity index (χ0n) is 2.97. The molecule has 2 nitrogen and oxygen atoms in total. The van der Waals surface area contributed by atoms with Gasteiger partial charge in [-0.2, -0.15) is 5.11 Å². The van der Waals surface area contributed by atoms with E-state index in [1.54, 1.807) is 11.9 Å². The lowest BCUT2D eigenvalue weighted by Crippen LogP contribution is -1.85. The topological polar surface area (TPSA) is 24.7 Å². The third-order valence-corrected chi connectivity index (χ3v) is 2.11. The minimum absolute atomic E-state index is 0.600. The summed E-state index contributed by atoms with van der Waals surface area (Å²) in [6.07, 6.45) is 0. The Morgan fingerprint density at radius 2 is 2.67 bits per heavy atom. The van der Waals surface area contributed by atoms with Crippen LogP contribution in [0.3, 0.4) is 0 Å². The summed E-state index contributed by atoms with van der Waals surface area (Å²) >= 11 is 3.85. The molecule has 1 aliphatic heterocycles. The number of rotatable bonds is 0. The Hall–Kier alpha value is 0.680. The molecule has 0 aromatic rings. The standard InChI is InChI=1S/C2H3IN2S/c3-2-1-4-5-6-2/h2H,1H2. The molecule has 0 N–H and O–H groups in total. The summed E-state index contributed by atoms with van der Waals surface area (Å²) in [5.41, 5.74) is 0. The van der Waals surface area contributed by atoms with E-state index >= 15 is 0 Å². The van der Waals surface area contributed by atoms with E-state index in [0.717, 1.165) is 6.54 Å². The first-order chi connectivity index (χ1) is 2.89. The van der Waals surface area contributed by atoms with E-state index < -0.39 is 0 Å². The second-order valence-corrected chi connectivity index (χ2v) is 4.21. The van der Waals surface area contributed by atoms with Crippen LogP contribution in [0.2, 0.25) is 0 Å². The third kappa shape index (κ3) is 1.07. The van der Waals surface area contributed by atoms with Gasteiger partial charge in [0.25, 0.3) is 0 Å². The lowest BCUT2D eigenvalue weighted by Gasteiger charge is -1.83. The Balaban J connectivity index is 2.32. The molecule has 0 aromatic heterocycles. The number of nitrogens with zero attached hydrogens (tertiary/aromatic N) is 2. The van der Waals surface area contributed by atoms with Crippen LogP contribution in [0.1, 0.15) is 0 Å². The second kappa shape index (κ2) is 2.11. The molecule has 1 rings (SSSR count). The van der Waals surface area contributed by atoms with E-state index in [4.69, 9.17) is 0 Å². The summed E-state index contributed by atoms with van der Waals surface area (Å²) in [6, 6.07) is 0. The van der Waals surface area contributed by atoms with Crippen LogP contribution in [0.25, 0.3) is 0 Å². The monoisotopic (exact) mass is 214 g/mol. The molecule has 0 bridgehead atoms. The van der Waals surface area contributed by atoms with Crippen molar-refractivity contribution in [2.45, 2.75) is 3.26 Å². The van der Waals surface area contributed by atoms with Gasteiger partial charge in [0.05, 0.1) is 6.54 Å². The fraction of sp³-hybridized carbons (Fsp3) is 1.00. The van der Waals surface area contributed by atoms with Crippen LogP contribution in [0.4, 0.5) is 0 Å². The molecule has 0 saturated carbocycles. The van der Waals surface area contributed by atoms with Gasteiger partial charge in [0.1, 0.15) is 3.26 Å². The number of hydrogen-bond acceptors (Lipinski definition) is 3. The van der Waals surface area contributed by atoms with Gasteiger partial charge < -0.3 is 0 Å². The summed E-state index contributed by atoms with van der Waals surface area (Å²) < 4.78 is 4.30. The lowest BCUT2D eigenvalue weighted by molar-refractivity contribution is 1.09. The van der Waals surface area contributed by atoms with Gasteiger partial charge in [0.15, 0.2) is 0 Å². The Morgan fingerprint density at radius 3 is 2.83 bits per heavy atom. The summed E-state index contributed by atoms with van der Waals surface area (Å²) in [5.74, 6) is 0. The SMILES string of the molecule is IC1CN=NS1. The van der Waals surface area contributed by atoms with Crippen LogP contribution < -0.4 is 0 Å². The van der Waals surface area contributed by atoms with E-state index in [0.29, 0.717) is 3.26 Å². The van der Waals surface area contributed by atoms with Crippen molar-refractivity contribution in [3.8, 4) is 0 Å². The Labute approximate surface area is 54.1 Å². The van der Waals surface area contributed by atoms with Crippen LogP contribution in [0, 0.1) is 0 Å². The summed E-state index contributed by atoms with van der Waals surface area (Å²) in [7, 11) is 0. The van der Waals surface area contributed by atoms with Crippen molar-refractivity contribution >= 4 is 34.5 Å². The molecule has 1 aliphatic rings. The van der Waals surface area contributed by atoms with Crippen molar-refractivity contribution < 1.29 is 0 Å². The number of hydrogen-bond donors (Lipinski definition) is 0. The number of halogens is 1. The largest absolute Gasteiger partial charge is 0.180 e. The van der Waals surface area contributed by atoms with Crippen LogP contribution in [-0.4, -0.2) is 9.80 Å². The molecule has 0 aliphatic carbocycles. The Bertz CT molecular complexity index is 65.9. The van der Waals surface area contributed by atoms with Crippen molar-refractivity contribution in [1.29, 1.82) is 0 Å². The molecular formula is C2H3IN2S. The first kappa shape index (κ1) is 4.83. The molecule has 0 aromatic carbocycles. The van der Waals surface area contributed by atoms with Crippen LogP contribution in [0.5, 0.6) is 0 Å². The quantitative estimate of drug-likeness (QED) is 0.343. The molecular weight excluding hydrogens is 211 g/mol. The van der Waals surface area contributed by atoms with Gasteiger partial charge >= 0.3 is 0 Å². The molecule has 1 heterocycles. The fourth-order valence-electron chi connectivity index (χ4n) is 0.215. The molecule has 4 heteroatoms. The smallest absolute Gasteiger partial charge is 0.101 e. The van der Waals surface area contributed by atoms with Crippen molar-refractivity contribution in [2.75, 3.05) is 6.54 Å². The van der Waals surface area contributed by atoms with Gasteiger partial charge in [-0.25, -0.2) is 0 Å². The molecule has 1 atom stereocenters. The maximum atomic E-state index is 3.74. The molecule has 1 unspecified atom stereocenters. The average Bonchev–Trinajstić information content (AvgIpc) is 1.86. The zero-order valence-corrected chi connectivity index (χ0v) is 5.94. The third-order valence-electron chi connectivity index (χ3n) is 0.444. The van der Waals surface area contributed by atoms with Gasteiger partial charge in [0.2, 0.25) is 0 Å². The Kier molecular flexibility index (Phi) is 1.70. The fourth-order valence-corrected chi connectivity index (χ4v) is 1.07. The summed E-state index contributed by atoms with van der Waals surface area (Å²) in [6.45, 7) is 0.894. The molecule has 0 amide bonds. The highest BCUT2D eigenvalue weighted by molar-refractivity contribution is 14.1. The van der Waals surface area contributed by atoms with E-state index in [-0.39, 0.29) is 0 Å². The summed E-state index contributed by atoms with van der Waals surface area (Å²) in [4.78, 5) is 0. The van der Waals surface area contributed by atoms with Crippen LogP contribution in [-0.2, 0) is 0 Å². The van der Waals surface area contributed by atoms with Crippen molar-refractivity contribution in [3.05, 3.63) is 0 Å². The first-order valence-electron chi connectivity index (χ1n) is 1.56. The molecule has 0 saturated heterocycles. The maximum Gasteiger partial charge on any atom is 0.101 e. The summed E-state index contributed by atoms with van der Waals surface area (Å²) in [5, 5.41) is 3.74. The van der Waals surface area contributed by atoms with Crippen molar-refractivity contribution in [3.63, 3.8) is 0 Å². The predicted octanol–water partition coefficient (Wildman–Crippen LogP) is 1.86.